The Morgan fingerprint density at radius 3 is 2.38 bits per heavy atom. The van der Waals surface area contributed by atoms with Gasteiger partial charge in [-0.1, -0.05) is 12.1 Å². The van der Waals surface area contributed by atoms with Gasteiger partial charge in [0.05, 0.1) is 0 Å². The Morgan fingerprint density at radius 2 is 1.88 bits per heavy atom. The number of benzene rings is 1. The second-order valence-corrected chi connectivity index (χ2v) is 3.75. The molecule has 0 aliphatic carbocycles. The van der Waals surface area contributed by atoms with Crippen molar-refractivity contribution in [3.8, 4) is 5.75 Å². The van der Waals surface area contributed by atoms with Gasteiger partial charge in [0.15, 0.2) is 0 Å². The first-order valence-electron chi connectivity index (χ1n) is 5.33. The summed E-state index contributed by atoms with van der Waals surface area (Å²) in [7, 11) is 1.92. The van der Waals surface area contributed by atoms with E-state index in [0.717, 1.165) is 18.4 Å². The van der Waals surface area contributed by atoms with E-state index in [1.165, 1.54) is 0 Å². The number of hydrogen-bond donors (Lipinski definition) is 1. The van der Waals surface area contributed by atoms with Gasteiger partial charge in [-0.15, -0.1) is 0 Å². The minimum atomic E-state index is -2.75. The molecule has 16 heavy (non-hydrogen) atoms. The van der Waals surface area contributed by atoms with Crippen molar-refractivity contribution in [2.75, 3.05) is 7.05 Å². The predicted molar refractivity (Wildman–Crippen MR) is 59.9 cm³/mol. The summed E-state index contributed by atoms with van der Waals surface area (Å²) >= 11 is 0. The fourth-order valence-corrected chi connectivity index (χ4v) is 1.37. The first-order chi connectivity index (χ1) is 7.61. The maximum atomic E-state index is 11.9. The molecule has 1 atom stereocenters. The Balaban J connectivity index is 2.45. The second-order valence-electron chi connectivity index (χ2n) is 3.75. The zero-order valence-corrected chi connectivity index (χ0v) is 9.54. The van der Waals surface area contributed by atoms with Crippen molar-refractivity contribution in [2.45, 2.75) is 32.4 Å². The van der Waals surface area contributed by atoms with E-state index in [-0.39, 0.29) is 5.75 Å². The van der Waals surface area contributed by atoms with Crippen LogP contribution in [0.4, 0.5) is 8.78 Å². The lowest BCUT2D eigenvalue weighted by molar-refractivity contribution is -0.0498. The molecule has 0 spiro atoms. The molecule has 0 fully saturated rings. The van der Waals surface area contributed by atoms with E-state index in [4.69, 9.17) is 0 Å². The van der Waals surface area contributed by atoms with Crippen molar-refractivity contribution in [1.29, 1.82) is 0 Å². The van der Waals surface area contributed by atoms with Crippen LogP contribution in [0.2, 0.25) is 0 Å². The third kappa shape index (κ3) is 4.57. The van der Waals surface area contributed by atoms with Gasteiger partial charge in [-0.05, 0) is 44.5 Å². The number of aryl methyl sites for hydroxylation is 1. The fourth-order valence-electron chi connectivity index (χ4n) is 1.37. The Morgan fingerprint density at radius 1 is 1.25 bits per heavy atom. The number of halogens is 2. The molecular formula is C12H17F2NO. The van der Waals surface area contributed by atoms with Gasteiger partial charge in [-0.2, -0.15) is 8.78 Å². The summed E-state index contributed by atoms with van der Waals surface area (Å²) in [5, 5.41) is 3.15. The number of hydrogen-bond acceptors (Lipinski definition) is 2. The molecule has 0 aliphatic heterocycles. The quantitative estimate of drug-likeness (QED) is 0.809. The number of ether oxygens (including phenoxy) is 1. The van der Waals surface area contributed by atoms with Crippen LogP contribution in [0, 0.1) is 0 Å². The van der Waals surface area contributed by atoms with Gasteiger partial charge in [0, 0.05) is 6.04 Å². The van der Waals surface area contributed by atoms with Gasteiger partial charge in [0.25, 0.3) is 0 Å². The Bertz CT molecular complexity index is 300. The third-order valence-electron chi connectivity index (χ3n) is 2.51. The van der Waals surface area contributed by atoms with Crippen molar-refractivity contribution in [2.24, 2.45) is 0 Å². The van der Waals surface area contributed by atoms with Gasteiger partial charge < -0.3 is 10.1 Å². The van der Waals surface area contributed by atoms with Crippen LogP contribution in [-0.4, -0.2) is 19.7 Å². The van der Waals surface area contributed by atoms with Gasteiger partial charge >= 0.3 is 6.61 Å². The topological polar surface area (TPSA) is 21.3 Å². The molecule has 0 aromatic heterocycles. The van der Waals surface area contributed by atoms with Crippen molar-refractivity contribution < 1.29 is 13.5 Å². The molecule has 0 saturated heterocycles. The maximum absolute atomic E-state index is 11.9. The highest BCUT2D eigenvalue weighted by Crippen LogP contribution is 2.16. The highest BCUT2D eigenvalue weighted by atomic mass is 19.3. The van der Waals surface area contributed by atoms with Gasteiger partial charge in [-0.3, -0.25) is 0 Å². The largest absolute Gasteiger partial charge is 0.435 e. The highest BCUT2D eigenvalue weighted by Gasteiger charge is 2.04. The minimum absolute atomic E-state index is 0.209. The second kappa shape index (κ2) is 6.43. The molecule has 1 rings (SSSR count). The van der Waals surface area contributed by atoms with Gasteiger partial charge in [0.1, 0.15) is 5.75 Å². The third-order valence-corrected chi connectivity index (χ3v) is 2.51. The van der Waals surface area contributed by atoms with Crippen LogP contribution in [0.3, 0.4) is 0 Å². The SMILES string of the molecule is CNC(C)CCc1ccc(OC(F)F)cc1. The molecule has 0 bridgehead atoms. The van der Waals surface area contributed by atoms with E-state index >= 15 is 0 Å². The van der Waals surface area contributed by atoms with Crippen molar-refractivity contribution in [3.05, 3.63) is 29.8 Å². The molecule has 0 saturated carbocycles. The Hall–Kier alpha value is -1.16. The molecular weight excluding hydrogens is 212 g/mol. The summed E-state index contributed by atoms with van der Waals surface area (Å²) in [5.41, 5.74) is 1.13. The summed E-state index contributed by atoms with van der Waals surface area (Å²) in [6.45, 7) is -0.649. The predicted octanol–water partition coefficient (Wildman–Crippen LogP) is 2.83. The first kappa shape index (κ1) is 12.9. The number of alkyl halides is 2. The fraction of sp³-hybridized carbons (Fsp3) is 0.500. The lowest BCUT2D eigenvalue weighted by atomic mass is 10.1. The van der Waals surface area contributed by atoms with E-state index < -0.39 is 6.61 Å². The van der Waals surface area contributed by atoms with E-state index in [2.05, 4.69) is 17.0 Å². The van der Waals surface area contributed by atoms with E-state index in [1.54, 1.807) is 12.1 Å². The van der Waals surface area contributed by atoms with Crippen molar-refractivity contribution in [1.82, 2.24) is 5.32 Å². The molecule has 1 N–H and O–H groups in total. The van der Waals surface area contributed by atoms with Crippen LogP contribution in [0.25, 0.3) is 0 Å². The standard InChI is InChI=1S/C12H17F2NO/c1-9(15-2)3-4-10-5-7-11(8-6-10)16-12(13)14/h5-9,12,15H,3-4H2,1-2H3. The van der Waals surface area contributed by atoms with E-state index in [1.807, 2.05) is 19.2 Å². The average molecular weight is 229 g/mol. The summed E-state index contributed by atoms with van der Waals surface area (Å²) in [5.74, 6) is 0.209. The smallest absolute Gasteiger partial charge is 0.387 e. The molecule has 4 heteroatoms. The van der Waals surface area contributed by atoms with Crippen LogP contribution in [0.15, 0.2) is 24.3 Å². The van der Waals surface area contributed by atoms with Crippen LogP contribution in [0.1, 0.15) is 18.9 Å². The molecule has 90 valence electrons. The lowest BCUT2D eigenvalue weighted by Crippen LogP contribution is -2.21. The molecule has 0 heterocycles. The highest BCUT2D eigenvalue weighted by molar-refractivity contribution is 5.27. The summed E-state index contributed by atoms with van der Waals surface area (Å²) in [4.78, 5) is 0. The maximum Gasteiger partial charge on any atom is 0.387 e. The molecule has 0 amide bonds. The molecule has 1 aromatic rings. The molecule has 2 nitrogen and oxygen atoms in total. The first-order valence-corrected chi connectivity index (χ1v) is 5.33. The van der Waals surface area contributed by atoms with Crippen LogP contribution >= 0.6 is 0 Å². The van der Waals surface area contributed by atoms with Crippen molar-refractivity contribution >= 4 is 0 Å². The minimum Gasteiger partial charge on any atom is -0.435 e. The Labute approximate surface area is 94.6 Å². The molecule has 0 radical (unpaired) electrons. The molecule has 1 unspecified atom stereocenters. The van der Waals surface area contributed by atoms with Crippen molar-refractivity contribution in [3.63, 3.8) is 0 Å². The van der Waals surface area contributed by atoms with Crippen LogP contribution < -0.4 is 10.1 Å². The summed E-state index contributed by atoms with van der Waals surface area (Å²) in [6.07, 6.45) is 1.95. The number of nitrogens with one attached hydrogen (secondary N) is 1. The van der Waals surface area contributed by atoms with Crippen LogP contribution in [-0.2, 0) is 6.42 Å². The van der Waals surface area contributed by atoms with Gasteiger partial charge in [0.2, 0.25) is 0 Å². The lowest BCUT2D eigenvalue weighted by Gasteiger charge is -2.10. The summed E-state index contributed by atoms with van der Waals surface area (Å²) < 4.78 is 28.1. The zero-order valence-electron chi connectivity index (χ0n) is 9.54. The van der Waals surface area contributed by atoms with Gasteiger partial charge in [-0.25, -0.2) is 0 Å². The normalized spacial score (nSPS) is 12.8. The van der Waals surface area contributed by atoms with E-state index in [9.17, 15) is 8.78 Å². The van der Waals surface area contributed by atoms with Crippen LogP contribution in [0.5, 0.6) is 5.75 Å². The monoisotopic (exact) mass is 229 g/mol. The zero-order chi connectivity index (χ0) is 12.0. The summed E-state index contributed by atoms with van der Waals surface area (Å²) in [6, 6.07) is 7.24. The molecule has 0 aliphatic rings. The number of rotatable bonds is 6. The molecule has 1 aromatic carbocycles. The van der Waals surface area contributed by atoms with E-state index in [0.29, 0.717) is 6.04 Å². The average Bonchev–Trinajstić information content (AvgIpc) is 2.27. The Kier molecular flexibility index (Phi) is 5.19.